The third-order valence-electron chi connectivity index (χ3n) is 0.648. The second-order valence-electron chi connectivity index (χ2n) is 1.18. The molecule has 1 rings (SSSR count). The Labute approximate surface area is 47.6 Å². The highest BCUT2D eigenvalue weighted by molar-refractivity contribution is 8.04. The van der Waals surface area contributed by atoms with Gasteiger partial charge in [0.2, 0.25) is 0 Å². The largest absolute Gasteiger partial charge is 0.106 e. The number of allylic oxidation sites excluding steroid dienone is 4. The van der Waals surface area contributed by atoms with Crippen LogP contribution < -0.4 is 0 Å². The molecule has 0 spiro atoms. The monoisotopic (exact) mass is 110 g/mol. The Balaban J connectivity index is 2.60. The van der Waals surface area contributed by atoms with Crippen molar-refractivity contribution in [3.05, 3.63) is 35.1 Å². The minimum atomic E-state index is 1.69. The molecule has 7 heavy (non-hydrogen) atoms. The Morgan fingerprint density at radius 1 is 0.714 bits per heavy atom. The predicted octanol–water partition coefficient (Wildman–Crippen LogP) is 2.32. The third kappa shape index (κ3) is 1.64. The van der Waals surface area contributed by atoms with Crippen molar-refractivity contribution in [2.75, 3.05) is 0 Å². The fourth-order valence-electron chi connectivity index (χ4n) is 0.355. The summed E-state index contributed by atoms with van der Waals surface area (Å²) in [4.78, 5) is 0. The molecule has 0 radical (unpaired) electrons. The Morgan fingerprint density at radius 2 is 1.29 bits per heavy atom. The highest BCUT2D eigenvalue weighted by Crippen LogP contribution is 2.06. The molecule has 1 heteroatoms. The molecule has 0 aromatic rings. The SMILES string of the molecule is C1=CC=CSC=C1. The van der Waals surface area contributed by atoms with Crippen molar-refractivity contribution in [3.8, 4) is 0 Å². The van der Waals surface area contributed by atoms with Gasteiger partial charge in [0.05, 0.1) is 0 Å². The molecule has 0 aromatic carbocycles. The Bertz CT molecular complexity index is 106. The van der Waals surface area contributed by atoms with Gasteiger partial charge in [-0.15, -0.1) is 11.8 Å². The van der Waals surface area contributed by atoms with Crippen molar-refractivity contribution in [2.45, 2.75) is 0 Å². The zero-order chi connectivity index (χ0) is 4.95. The van der Waals surface area contributed by atoms with Crippen LogP contribution in [0.5, 0.6) is 0 Å². The molecule has 0 aliphatic carbocycles. The second kappa shape index (κ2) is 2.69. The molecule has 0 N–H and O–H groups in total. The average molecular weight is 110 g/mol. The first-order valence-electron chi connectivity index (χ1n) is 2.14. The first-order valence-corrected chi connectivity index (χ1v) is 3.08. The Hall–Kier alpha value is -0.430. The lowest BCUT2D eigenvalue weighted by atomic mass is 10.5. The van der Waals surface area contributed by atoms with Crippen LogP contribution in [-0.2, 0) is 0 Å². The first-order chi connectivity index (χ1) is 3.50. The number of rotatable bonds is 0. The van der Waals surface area contributed by atoms with Gasteiger partial charge in [0.1, 0.15) is 0 Å². The van der Waals surface area contributed by atoms with Gasteiger partial charge in [0.15, 0.2) is 0 Å². The van der Waals surface area contributed by atoms with E-state index in [1.807, 2.05) is 35.1 Å². The molecular formula is C6H6S. The van der Waals surface area contributed by atoms with Gasteiger partial charge in [-0.1, -0.05) is 24.3 Å². The molecule has 36 valence electrons. The molecule has 0 saturated heterocycles. The highest BCUT2D eigenvalue weighted by atomic mass is 32.2. The van der Waals surface area contributed by atoms with Crippen LogP contribution in [0.15, 0.2) is 35.1 Å². The van der Waals surface area contributed by atoms with Crippen molar-refractivity contribution >= 4 is 11.8 Å². The van der Waals surface area contributed by atoms with Crippen LogP contribution >= 0.6 is 11.8 Å². The van der Waals surface area contributed by atoms with E-state index in [1.54, 1.807) is 11.8 Å². The summed E-state index contributed by atoms with van der Waals surface area (Å²) in [5.74, 6) is 0. The van der Waals surface area contributed by atoms with Gasteiger partial charge in [-0.25, -0.2) is 0 Å². The summed E-state index contributed by atoms with van der Waals surface area (Å²) >= 11 is 1.69. The minimum absolute atomic E-state index is 1.69. The van der Waals surface area contributed by atoms with Crippen molar-refractivity contribution in [3.63, 3.8) is 0 Å². The topological polar surface area (TPSA) is 0 Å². The molecule has 1 heterocycles. The summed E-state index contributed by atoms with van der Waals surface area (Å²) in [5, 5.41) is 4.08. The molecule has 1 aliphatic rings. The molecule has 1 aliphatic heterocycles. The van der Waals surface area contributed by atoms with E-state index in [9.17, 15) is 0 Å². The maximum absolute atomic E-state index is 2.04. The average Bonchev–Trinajstić information content (AvgIpc) is 1.90. The van der Waals surface area contributed by atoms with Gasteiger partial charge in [0.25, 0.3) is 0 Å². The molecule has 0 fully saturated rings. The summed E-state index contributed by atoms with van der Waals surface area (Å²) in [6, 6.07) is 0. The van der Waals surface area contributed by atoms with Crippen molar-refractivity contribution in [1.29, 1.82) is 0 Å². The summed E-state index contributed by atoms with van der Waals surface area (Å²) < 4.78 is 0. The zero-order valence-corrected chi connectivity index (χ0v) is 4.69. The van der Waals surface area contributed by atoms with Gasteiger partial charge in [-0.2, -0.15) is 0 Å². The molecule has 0 amide bonds. The van der Waals surface area contributed by atoms with E-state index >= 15 is 0 Å². The van der Waals surface area contributed by atoms with Crippen LogP contribution in [0.25, 0.3) is 0 Å². The summed E-state index contributed by atoms with van der Waals surface area (Å²) in [5.41, 5.74) is 0. The number of hydrogen-bond donors (Lipinski definition) is 0. The predicted molar refractivity (Wildman–Crippen MR) is 35.0 cm³/mol. The quantitative estimate of drug-likeness (QED) is 0.461. The van der Waals surface area contributed by atoms with Crippen molar-refractivity contribution in [2.24, 2.45) is 0 Å². The van der Waals surface area contributed by atoms with E-state index in [-0.39, 0.29) is 0 Å². The molecule has 0 nitrogen and oxygen atoms in total. The van der Waals surface area contributed by atoms with Crippen LogP contribution in [-0.4, -0.2) is 0 Å². The van der Waals surface area contributed by atoms with Crippen LogP contribution in [0, 0.1) is 0 Å². The van der Waals surface area contributed by atoms with Crippen LogP contribution in [0.3, 0.4) is 0 Å². The Morgan fingerprint density at radius 3 is 1.86 bits per heavy atom. The number of hydrogen-bond acceptors (Lipinski definition) is 1. The van der Waals surface area contributed by atoms with Crippen LogP contribution in [0.4, 0.5) is 0 Å². The van der Waals surface area contributed by atoms with Gasteiger partial charge in [0, 0.05) is 0 Å². The minimum Gasteiger partial charge on any atom is -0.106 e. The third-order valence-corrected chi connectivity index (χ3v) is 1.28. The van der Waals surface area contributed by atoms with E-state index in [0.29, 0.717) is 0 Å². The van der Waals surface area contributed by atoms with E-state index in [2.05, 4.69) is 0 Å². The van der Waals surface area contributed by atoms with Crippen LogP contribution in [0.1, 0.15) is 0 Å². The second-order valence-corrected chi connectivity index (χ2v) is 1.99. The molecule has 0 unspecified atom stereocenters. The van der Waals surface area contributed by atoms with E-state index < -0.39 is 0 Å². The molecular weight excluding hydrogens is 104 g/mol. The van der Waals surface area contributed by atoms with Crippen LogP contribution in [0.2, 0.25) is 0 Å². The summed E-state index contributed by atoms with van der Waals surface area (Å²) in [7, 11) is 0. The summed E-state index contributed by atoms with van der Waals surface area (Å²) in [6.45, 7) is 0. The van der Waals surface area contributed by atoms with Gasteiger partial charge < -0.3 is 0 Å². The van der Waals surface area contributed by atoms with Gasteiger partial charge >= 0.3 is 0 Å². The molecule has 0 saturated carbocycles. The molecule has 0 atom stereocenters. The molecule has 0 aromatic heterocycles. The highest BCUT2D eigenvalue weighted by Gasteiger charge is 1.70. The van der Waals surface area contributed by atoms with Crippen molar-refractivity contribution < 1.29 is 0 Å². The zero-order valence-electron chi connectivity index (χ0n) is 3.87. The van der Waals surface area contributed by atoms with Gasteiger partial charge in [-0.3, -0.25) is 0 Å². The standard InChI is InChI=1S/C6H6S/c1-2-4-6-7-5-3-1/h1-6H. The fourth-order valence-corrected chi connectivity index (χ4v) is 0.809. The Kier molecular flexibility index (Phi) is 1.82. The van der Waals surface area contributed by atoms with Crippen molar-refractivity contribution in [1.82, 2.24) is 0 Å². The molecule has 0 bridgehead atoms. The summed E-state index contributed by atoms with van der Waals surface area (Å²) in [6.07, 6.45) is 8.06. The van der Waals surface area contributed by atoms with Gasteiger partial charge in [-0.05, 0) is 10.8 Å². The normalized spacial score (nSPS) is 17.1. The fraction of sp³-hybridized carbons (Fsp3) is 0. The number of thioether (sulfide) groups is 1. The lowest BCUT2D eigenvalue weighted by molar-refractivity contribution is 1.98. The van der Waals surface area contributed by atoms with E-state index in [0.717, 1.165) is 0 Å². The maximum Gasteiger partial charge on any atom is -0.0248 e. The van der Waals surface area contributed by atoms with E-state index in [1.165, 1.54) is 0 Å². The lowest BCUT2D eigenvalue weighted by Crippen LogP contribution is -1.38. The maximum atomic E-state index is 2.04. The lowest BCUT2D eigenvalue weighted by Gasteiger charge is -1.69. The smallest absolute Gasteiger partial charge is 0.0248 e. The first kappa shape index (κ1) is 4.72. The van der Waals surface area contributed by atoms with E-state index in [4.69, 9.17) is 0 Å².